The second-order valence-corrected chi connectivity index (χ2v) is 3.76. The lowest BCUT2D eigenvalue weighted by molar-refractivity contribution is -0.274. The van der Waals surface area contributed by atoms with Gasteiger partial charge in [-0.3, -0.25) is 0 Å². The molecule has 0 aliphatic carbocycles. The molecule has 1 aromatic carbocycles. The normalized spacial score (nSPS) is 10.6. The second-order valence-electron chi connectivity index (χ2n) is 2.97. The zero-order chi connectivity index (χ0) is 12.9. The van der Waals surface area contributed by atoms with Gasteiger partial charge >= 0.3 is 6.36 Å². The fourth-order valence-electron chi connectivity index (χ4n) is 1.03. The number of hydrogen-bond acceptors (Lipinski definition) is 2. The summed E-state index contributed by atoms with van der Waals surface area (Å²) < 4.78 is 40.0. The number of rotatable bonds is 2. The largest absolute Gasteiger partial charge is 0.573 e. The van der Waals surface area contributed by atoms with Crippen LogP contribution in [0.4, 0.5) is 13.2 Å². The average molecular weight is 309 g/mol. The molecule has 1 rings (SSSR count). The Morgan fingerprint density at radius 2 is 2.06 bits per heavy atom. The first kappa shape index (κ1) is 13.7. The van der Waals surface area contributed by atoms with E-state index in [1.54, 1.807) is 0 Å². The number of hydrogen-bond donors (Lipinski definition) is 1. The van der Waals surface area contributed by atoms with Gasteiger partial charge in [0.15, 0.2) is 0 Å². The van der Waals surface area contributed by atoms with E-state index in [0.717, 1.165) is 18.2 Å². The van der Waals surface area contributed by atoms with Gasteiger partial charge < -0.3 is 9.84 Å². The smallest absolute Gasteiger partial charge is 0.508 e. The van der Waals surface area contributed by atoms with Crippen LogP contribution in [0, 0.1) is 11.8 Å². The topological polar surface area (TPSA) is 29.5 Å². The van der Waals surface area contributed by atoms with E-state index in [1.807, 2.05) is 0 Å². The second kappa shape index (κ2) is 5.82. The maximum Gasteiger partial charge on any atom is 0.573 e. The van der Waals surface area contributed by atoms with E-state index in [-0.39, 0.29) is 11.3 Å². The maximum atomic E-state index is 12.1. The molecule has 0 unspecified atom stereocenters. The van der Waals surface area contributed by atoms with Crippen LogP contribution in [0.15, 0.2) is 18.2 Å². The molecule has 0 heterocycles. The van der Waals surface area contributed by atoms with Crippen molar-refractivity contribution >= 4 is 15.9 Å². The summed E-state index contributed by atoms with van der Waals surface area (Å²) in [7, 11) is 0. The Kier molecular flexibility index (Phi) is 4.70. The molecule has 0 saturated heterocycles. The molecule has 0 radical (unpaired) electrons. The van der Waals surface area contributed by atoms with Crippen LogP contribution in [0.2, 0.25) is 0 Å². The van der Waals surface area contributed by atoms with Gasteiger partial charge in [-0.2, -0.15) is 0 Å². The summed E-state index contributed by atoms with van der Waals surface area (Å²) in [4.78, 5) is 0. The lowest BCUT2D eigenvalue weighted by atomic mass is 10.2. The van der Waals surface area contributed by atoms with Crippen molar-refractivity contribution in [1.29, 1.82) is 0 Å². The molecule has 0 aliphatic rings. The van der Waals surface area contributed by atoms with Crippen LogP contribution in [0.3, 0.4) is 0 Å². The molecule has 0 bridgehead atoms. The minimum absolute atomic E-state index is 0.00303. The summed E-state index contributed by atoms with van der Waals surface area (Å²) in [5.41, 5.74) is 0.00303. The number of ether oxygens (including phenoxy) is 1. The summed E-state index contributed by atoms with van der Waals surface area (Å²) in [5, 5.41) is 9.80. The Balaban J connectivity index is 3.01. The molecule has 92 valence electrons. The van der Waals surface area contributed by atoms with Crippen molar-refractivity contribution in [2.24, 2.45) is 0 Å². The molecular weight excluding hydrogens is 301 g/mol. The molecule has 1 N–H and O–H groups in total. The summed E-state index contributed by atoms with van der Waals surface area (Å²) in [6.07, 6.45) is -4.29. The number of phenolic OH excluding ortho intramolecular Hbond substituents is 1. The average Bonchev–Trinajstić information content (AvgIpc) is 2.20. The molecule has 0 spiro atoms. The zero-order valence-electron chi connectivity index (χ0n) is 8.51. The van der Waals surface area contributed by atoms with Crippen LogP contribution >= 0.6 is 15.9 Å². The number of aromatic hydroxyl groups is 1. The minimum Gasteiger partial charge on any atom is -0.508 e. The molecule has 1 aromatic rings. The predicted octanol–water partition coefficient (Wildman–Crippen LogP) is 3.43. The van der Waals surface area contributed by atoms with Crippen LogP contribution in [0.25, 0.3) is 0 Å². The Labute approximate surface area is 105 Å². The third-order valence-electron chi connectivity index (χ3n) is 1.63. The van der Waals surface area contributed by atoms with Crippen molar-refractivity contribution in [3.05, 3.63) is 23.8 Å². The zero-order valence-corrected chi connectivity index (χ0v) is 10.1. The first-order valence-corrected chi connectivity index (χ1v) is 5.68. The van der Waals surface area contributed by atoms with E-state index in [2.05, 4.69) is 32.5 Å². The van der Waals surface area contributed by atoms with Crippen molar-refractivity contribution < 1.29 is 23.0 Å². The lowest BCUT2D eigenvalue weighted by Crippen LogP contribution is -2.17. The molecule has 0 saturated carbocycles. The van der Waals surface area contributed by atoms with Gasteiger partial charge in [0.2, 0.25) is 0 Å². The van der Waals surface area contributed by atoms with Crippen molar-refractivity contribution in [3.8, 4) is 23.3 Å². The van der Waals surface area contributed by atoms with E-state index in [0.29, 0.717) is 11.8 Å². The van der Waals surface area contributed by atoms with Gasteiger partial charge in [0.25, 0.3) is 0 Å². The molecule has 0 aromatic heterocycles. The molecule has 0 amide bonds. The van der Waals surface area contributed by atoms with Crippen molar-refractivity contribution in [2.75, 3.05) is 5.33 Å². The van der Waals surface area contributed by atoms with Gasteiger partial charge in [-0.05, 0) is 18.2 Å². The monoisotopic (exact) mass is 308 g/mol. The fourth-order valence-corrected chi connectivity index (χ4v) is 1.23. The van der Waals surface area contributed by atoms with Crippen LogP contribution in [-0.4, -0.2) is 16.8 Å². The molecule has 17 heavy (non-hydrogen) atoms. The van der Waals surface area contributed by atoms with Gasteiger partial charge in [-0.25, -0.2) is 0 Å². The van der Waals surface area contributed by atoms with Crippen molar-refractivity contribution in [3.63, 3.8) is 0 Å². The van der Waals surface area contributed by atoms with E-state index < -0.39 is 12.1 Å². The highest BCUT2D eigenvalue weighted by Crippen LogP contribution is 2.28. The van der Waals surface area contributed by atoms with E-state index in [1.165, 1.54) is 0 Å². The van der Waals surface area contributed by atoms with E-state index in [9.17, 15) is 18.3 Å². The van der Waals surface area contributed by atoms with Crippen LogP contribution < -0.4 is 4.74 Å². The summed E-state index contributed by atoms with van der Waals surface area (Å²) >= 11 is 3.14. The minimum atomic E-state index is -4.77. The van der Waals surface area contributed by atoms with Gasteiger partial charge in [-0.1, -0.05) is 27.8 Å². The van der Waals surface area contributed by atoms with Crippen LogP contribution in [-0.2, 0) is 0 Å². The number of phenols is 1. The van der Waals surface area contributed by atoms with Gasteiger partial charge in [0.1, 0.15) is 11.5 Å². The third kappa shape index (κ3) is 5.00. The van der Waals surface area contributed by atoms with Crippen LogP contribution in [0.5, 0.6) is 11.5 Å². The van der Waals surface area contributed by atoms with Gasteiger partial charge in [0, 0.05) is 11.8 Å². The van der Waals surface area contributed by atoms with Crippen molar-refractivity contribution in [2.45, 2.75) is 12.8 Å². The number of alkyl halides is 4. The highest BCUT2D eigenvalue weighted by Gasteiger charge is 2.32. The Morgan fingerprint density at radius 1 is 1.35 bits per heavy atom. The molecule has 0 atom stereocenters. The summed E-state index contributed by atoms with van der Waals surface area (Å²) in [6.45, 7) is 0. The Morgan fingerprint density at radius 3 is 2.65 bits per heavy atom. The number of halogens is 4. The Hall–Kier alpha value is -1.35. The quantitative estimate of drug-likeness (QED) is 0.670. The standard InChI is InChI=1S/C11H8BrF3O2/c12-6-2-1-3-8-7-9(16)4-5-10(8)17-11(13,14)15/h4-5,7,16H,2,6H2. The first-order chi connectivity index (χ1) is 7.92. The maximum absolute atomic E-state index is 12.1. The summed E-state index contributed by atoms with van der Waals surface area (Å²) in [5.74, 6) is 4.58. The summed E-state index contributed by atoms with van der Waals surface area (Å²) in [6, 6.07) is 3.26. The molecular formula is C11H8BrF3O2. The highest BCUT2D eigenvalue weighted by molar-refractivity contribution is 9.09. The fraction of sp³-hybridized carbons (Fsp3) is 0.273. The lowest BCUT2D eigenvalue weighted by Gasteiger charge is -2.10. The molecule has 2 nitrogen and oxygen atoms in total. The Bertz CT molecular complexity index is 446. The molecule has 0 aliphatic heterocycles. The van der Waals surface area contributed by atoms with E-state index >= 15 is 0 Å². The highest BCUT2D eigenvalue weighted by atomic mass is 79.9. The third-order valence-corrected chi connectivity index (χ3v) is 2.03. The predicted molar refractivity (Wildman–Crippen MR) is 60.1 cm³/mol. The van der Waals surface area contributed by atoms with E-state index in [4.69, 9.17) is 0 Å². The van der Waals surface area contributed by atoms with Crippen molar-refractivity contribution in [1.82, 2.24) is 0 Å². The molecule has 6 heteroatoms. The molecule has 0 fully saturated rings. The SMILES string of the molecule is Oc1ccc(OC(F)(F)F)c(C#CCCBr)c1. The van der Waals surface area contributed by atoms with Gasteiger partial charge in [0.05, 0.1) is 5.56 Å². The van der Waals surface area contributed by atoms with Gasteiger partial charge in [-0.15, -0.1) is 13.2 Å². The number of benzene rings is 1. The first-order valence-electron chi connectivity index (χ1n) is 4.56. The van der Waals surface area contributed by atoms with Crippen LogP contribution in [0.1, 0.15) is 12.0 Å².